The molecule has 4 aromatic carbocycles. The molecule has 6 nitrogen and oxygen atoms in total. The third-order valence-corrected chi connectivity index (χ3v) is 9.81. The van der Waals surface area contributed by atoms with E-state index in [2.05, 4.69) is 95.2 Å². The van der Waals surface area contributed by atoms with E-state index in [-0.39, 0.29) is 10.9 Å². The fourth-order valence-electron chi connectivity index (χ4n) is 3.40. The van der Waals surface area contributed by atoms with Crippen LogP contribution < -0.4 is 0 Å². The Bertz CT molecular complexity index is 1560. The molecule has 0 spiro atoms. The van der Waals surface area contributed by atoms with Crippen LogP contribution in [0.3, 0.4) is 0 Å². The summed E-state index contributed by atoms with van der Waals surface area (Å²) in [5, 5.41) is -6.04. The highest BCUT2D eigenvalue weighted by molar-refractivity contribution is 7.97. The van der Waals surface area contributed by atoms with E-state index in [0.717, 1.165) is 24.3 Å². The van der Waals surface area contributed by atoms with Crippen LogP contribution >= 0.6 is 0 Å². The molecule has 4 rings (SSSR count). The van der Waals surface area contributed by atoms with E-state index < -0.39 is 42.7 Å². The Labute approximate surface area is 243 Å². The first-order chi connectivity index (χ1) is 19.5. The van der Waals surface area contributed by atoms with E-state index in [1.165, 1.54) is 21.6 Å². The van der Waals surface area contributed by atoms with Gasteiger partial charge in [-0.15, -0.1) is 0 Å². The van der Waals surface area contributed by atoms with Crippen LogP contribution in [0.2, 0.25) is 0 Å². The van der Waals surface area contributed by atoms with E-state index in [1.54, 1.807) is 0 Å². The van der Waals surface area contributed by atoms with Crippen molar-refractivity contribution in [1.82, 2.24) is 0 Å². The number of rotatable bonds is 8. The van der Waals surface area contributed by atoms with E-state index in [4.69, 9.17) is 0 Å². The van der Waals surface area contributed by atoms with Crippen molar-refractivity contribution in [2.75, 3.05) is 0 Å². The van der Waals surface area contributed by atoms with E-state index in [0.29, 0.717) is 5.56 Å². The molecule has 0 fully saturated rings. The number of halogens is 5. The number of hydrogen-bond acceptors (Lipinski definition) is 6. The van der Waals surface area contributed by atoms with E-state index in [9.17, 15) is 43.3 Å². The molecule has 0 aliphatic heterocycles. The Morgan fingerprint density at radius 2 is 1.00 bits per heavy atom. The van der Waals surface area contributed by atoms with Gasteiger partial charge in [-0.2, -0.15) is 30.4 Å². The molecule has 0 saturated carbocycles. The Morgan fingerprint density at radius 3 is 1.31 bits per heavy atom. The summed E-state index contributed by atoms with van der Waals surface area (Å²) in [6.45, 7) is 1.51. The molecule has 42 heavy (non-hydrogen) atoms. The molecular weight excluding hydrogens is 623 g/mol. The average molecular weight is 647 g/mol. The second-order valence-electron chi connectivity index (χ2n) is 8.55. The van der Waals surface area contributed by atoms with Gasteiger partial charge in [0.2, 0.25) is 6.10 Å². The highest BCUT2D eigenvalue weighted by Crippen LogP contribution is 2.39. The summed E-state index contributed by atoms with van der Waals surface area (Å²) in [7, 11) is -12.3. The molecule has 4 aromatic rings. The Kier molecular flexibility index (Phi) is 10.5. The minimum atomic E-state index is -6.84. The summed E-state index contributed by atoms with van der Waals surface area (Å²) >= 11 is 0. The zero-order valence-corrected chi connectivity index (χ0v) is 24.1. The minimum absolute atomic E-state index is 0.0146. The van der Waals surface area contributed by atoms with Crippen molar-refractivity contribution >= 4 is 31.1 Å². The molecule has 224 valence electrons. The number of aryl methyl sites for hydroxylation is 1. The van der Waals surface area contributed by atoms with Crippen molar-refractivity contribution < 1.29 is 47.5 Å². The van der Waals surface area contributed by atoms with Gasteiger partial charge < -0.3 is 4.55 Å². The predicted octanol–water partition coefficient (Wildman–Crippen LogP) is 6.55. The monoisotopic (exact) mass is 646 g/mol. The highest BCUT2D eigenvalue weighted by atomic mass is 32.2. The molecule has 0 aliphatic carbocycles. The fourth-order valence-corrected chi connectivity index (χ4v) is 7.07. The first-order valence-corrected chi connectivity index (χ1v) is 15.9. The number of benzene rings is 4. The molecule has 0 amide bonds. The molecule has 0 N–H and O–H groups in total. The van der Waals surface area contributed by atoms with Gasteiger partial charge >= 0.3 is 11.4 Å². The van der Waals surface area contributed by atoms with Crippen LogP contribution in [0.15, 0.2) is 135 Å². The molecular formula is C28H23F5O6S3. The van der Waals surface area contributed by atoms with Gasteiger partial charge in [0.15, 0.2) is 24.8 Å². The largest absolute Gasteiger partial charge is 0.743 e. The summed E-state index contributed by atoms with van der Waals surface area (Å²) in [5.74, 6) is 0. The van der Waals surface area contributed by atoms with Crippen molar-refractivity contribution in [3.63, 3.8) is 0 Å². The van der Waals surface area contributed by atoms with Gasteiger partial charge in [0, 0.05) is 0 Å². The molecule has 14 heteroatoms. The molecule has 1 atom stereocenters. The van der Waals surface area contributed by atoms with Gasteiger partial charge in [0.05, 0.1) is 15.8 Å². The van der Waals surface area contributed by atoms with E-state index >= 15 is 0 Å². The van der Waals surface area contributed by atoms with Crippen LogP contribution in [0.25, 0.3) is 0 Å². The maximum Gasteiger partial charge on any atom is 0.423 e. The van der Waals surface area contributed by atoms with Crippen molar-refractivity contribution in [1.29, 1.82) is 0 Å². The Balaban J connectivity index is 0.000000234. The summed E-state index contributed by atoms with van der Waals surface area (Å²) in [6, 6.07) is 36.0. The van der Waals surface area contributed by atoms with Crippen molar-refractivity contribution in [3.05, 3.63) is 121 Å². The molecule has 1 unspecified atom stereocenters. The maximum absolute atomic E-state index is 13.2. The summed E-state index contributed by atoms with van der Waals surface area (Å²) in [6.07, 6.45) is -10.8. The molecule has 0 radical (unpaired) electrons. The van der Waals surface area contributed by atoms with Gasteiger partial charge in [0.25, 0.3) is 10.1 Å². The quantitative estimate of drug-likeness (QED) is 0.0932. The average Bonchev–Trinajstić information content (AvgIpc) is 2.93. The normalized spacial score (nSPS) is 13.2. The van der Waals surface area contributed by atoms with Crippen LogP contribution in [0.1, 0.15) is 5.56 Å². The van der Waals surface area contributed by atoms with Gasteiger partial charge in [-0.1, -0.05) is 72.3 Å². The smallest absolute Gasteiger partial charge is 0.423 e. The summed E-state index contributed by atoms with van der Waals surface area (Å²) < 4.78 is 122. The molecule has 0 saturated heterocycles. The second-order valence-corrected chi connectivity index (χ2v) is 13.6. The van der Waals surface area contributed by atoms with Gasteiger partial charge in [-0.05, 0) is 55.5 Å². The predicted molar refractivity (Wildman–Crippen MR) is 145 cm³/mol. The highest BCUT2D eigenvalue weighted by Gasteiger charge is 2.63. The first-order valence-electron chi connectivity index (χ1n) is 11.8. The SMILES string of the molecule is Cc1ccc(S(=O)(=O)OC(C(F)(F)F)C(F)(F)S(=O)(=O)[O-])cc1.c1ccc([S+](c2ccccc2)c2ccccc2)cc1. The molecule has 0 aliphatic rings. The number of hydrogen-bond donors (Lipinski definition) is 0. The Hall–Kier alpha value is -3.30. The van der Waals surface area contributed by atoms with Crippen molar-refractivity contribution in [3.8, 4) is 0 Å². The maximum atomic E-state index is 13.2. The molecule has 0 bridgehead atoms. The van der Waals surface area contributed by atoms with E-state index in [1.807, 2.05) is 0 Å². The summed E-state index contributed by atoms with van der Waals surface area (Å²) in [5.41, 5.74) is 0.504. The molecule has 0 aromatic heterocycles. The topological polar surface area (TPSA) is 101 Å². The van der Waals surface area contributed by atoms with Gasteiger partial charge in [0.1, 0.15) is 0 Å². The standard InChI is InChI=1S/C18H15S.C10H9F5O6S2/c1-4-10-16(11-5-1)19(17-12-6-2-7-13-17)18-14-8-3-9-15-18;1-6-2-4-7(5-3-6)22(16,17)21-8(9(11,12)13)10(14,15)23(18,19)20/h1-15H;2-5,8H,1H3,(H,18,19,20)/q+1;/p-1. The van der Waals surface area contributed by atoms with Crippen LogP contribution in [0.4, 0.5) is 22.0 Å². The Morgan fingerprint density at radius 1 is 0.643 bits per heavy atom. The molecule has 0 heterocycles. The fraction of sp³-hybridized carbons (Fsp3) is 0.143. The minimum Gasteiger partial charge on any atom is -0.743 e. The van der Waals surface area contributed by atoms with Crippen molar-refractivity contribution in [2.45, 2.75) is 44.0 Å². The summed E-state index contributed by atoms with van der Waals surface area (Å²) in [4.78, 5) is 3.16. The third kappa shape index (κ3) is 8.38. The number of alkyl halides is 5. The zero-order valence-electron chi connectivity index (χ0n) is 21.6. The lowest BCUT2D eigenvalue weighted by molar-refractivity contribution is -0.238. The second kappa shape index (κ2) is 13.3. The lowest BCUT2D eigenvalue weighted by Crippen LogP contribution is -2.52. The van der Waals surface area contributed by atoms with Crippen LogP contribution in [0.5, 0.6) is 0 Å². The van der Waals surface area contributed by atoms with Gasteiger partial charge in [-0.3, -0.25) is 0 Å². The van der Waals surface area contributed by atoms with Crippen molar-refractivity contribution in [2.24, 2.45) is 0 Å². The first kappa shape index (κ1) is 33.2. The van der Waals surface area contributed by atoms with Crippen LogP contribution in [-0.2, 0) is 35.3 Å². The van der Waals surface area contributed by atoms with Gasteiger partial charge in [-0.25, -0.2) is 12.6 Å². The lowest BCUT2D eigenvalue weighted by atomic mass is 10.2. The third-order valence-electron chi connectivity index (χ3n) is 5.41. The van der Waals surface area contributed by atoms with Crippen LogP contribution in [0, 0.1) is 6.92 Å². The zero-order chi connectivity index (χ0) is 31.2. The van der Waals surface area contributed by atoms with Crippen LogP contribution in [-0.4, -0.2) is 38.9 Å². The lowest BCUT2D eigenvalue weighted by Gasteiger charge is -2.29.